The van der Waals surface area contributed by atoms with Crippen LogP contribution < -0.4 is 20.1 Å². The lowest BCUT2D eigenvalue weighted by Crippen LogP contribution is -2.32. The Bertz CT molecular complexity index is 644. The van der Waals surface area contributed by atoms with Crippen molar-refractivity contribution < 1.29 is 14.3 Å². The number of amides is 2. The molecule has 2 rings (SSSR count). The molecule has 0 aliphatic heterocycles. The number of hydrogen-bond acceptors (Lipinski definition) is 3. The molecule has 128 valence electrons. The molecule has 0 bridgehead atoms. The van der Waals surface area contributed by atoms with E-state index < -0.39 is 0 Å². The minimum Gasteiger partial charge on any atom is -0.492 e. The van der Waals surface area contributed by atoms with Gasteiger partial charge >= 0.3 is 6.03 Å². The Morgan fingerprint density at radius 3 is 2.58 bits per heavy atom. The van der Waals surface area contributed by atoms with E-state index in [0.29, 0.717) is 31.2 Å². The number of ether oxygens (including phenoxy) is 2. The van der Waals surface area contributed by atoms with Gasteiger partial charge in [0.05, 0.1) is 18.8 Å². The second-order valence-corrected chi connectivity index (χ2v) is 5.39. The van der Waals surface area contributed by atoms with E-state index in [4.69, 9.17) is 9.47 Å². The van der Waals surface area contributed by atoms with Gasteiger partial charge in [-0.1, -0.05) is 31.2 Å². The molecule has 24 heavy (non-hydrogen) atoms. The summed E-state index contributed by atoms with van der Waals surface area (Å²) in [4.78, 5) is 12.0. The van der Waals surface area contributed by atoms with Crippen LogP contribution in [-0.2, 0) is 0 Å². The van der Waals surface area contributed by atoms with Crippen LogP contribution in [-0.4, -0.2) is 25.8 Å². The van der Waals surface area contributed by atoms with Crippen LogP contribution in [0.5, 0.6) is 11.5 Å². The molecule has 2 aromatic rings. The number of hydrogen-bond donors (Lipinski definition) is 2. The molecule has 0 spiro atoms. The predicted molar refractivity (Wildman–Crippen MR) is 95.9 cm³/mol. The molecule has 0 saturated heterocycles. The zero-order chi connectivity index (χ0) is 17.2. The Hall–Kier alpha value is -2.69. The third-order valence-corrected chi connectivity index (χ3v) is 3.25. The summed E-state index contributed by atoms with van der Waals surface area (Å²) in [6, 6.07) is 14.9. The maximum atomic E-state index is 12.0. The van der Waals surface area contributed by atoms with E-state index in [1.165, 1.54) is 0 Å². The Balaban J connectivity index is 1.79. The molecule has 0 aliphatic carbocycles. The highest BCUT2D eigenvalue weighted by molar-refractivity contribution is 5.90. The van der Waals surface area contributed by atoms with Crippen LogP contribution in [0.3, 0.4) is 0 Å². The molecule has 0 atom stereocenters. The van der Waals surface area contributed by atoms with Crippen LogP contribution in [0.15, 0.2) is 48.5 Å². The van der Waals surface area contributed by atoms with E-state index in [1.54, 1.807) is 0 Å². The number of carbonyl (C=O) groups excluding carboxylic acids is 1. The summed E-state index contributed by atoms with van der Waals surface area (Å²) in [5.74, 6) is 1.47. The maximum absolute atomic E-state index is 12.0. The van der Waals surface area contributed by atoms with Crippen LogP contribution in [0, 0.1) is 6.92 Å². The lowest BCUT2D eigenvalue weighted by Gasteiger charge is -2.13. The molecule has 0 saturated carbocycles. The quantitative estimate of drug-likeness (QED) is 0.721. The van der Waals surface area contributed by atoms with Gasteiger partial charge in [0.2, 0.25) is 0 Å². The van der Waals surface area contributed by atoms with Crippen molar-refractivity contribution in [3.8, 4) is 11.5 Å². The Morgan fingerprint density at radius 2 is 1.83 bits per heavy atom. The number of nitrogens with one attached hydrogen (secondary N) is 2. The molecule has 0 heterocycles. The lowest BCUT2D eigenvalue weighted by atomic mass is 10.2. The van der Waals surface area contributed by atoms with Gasteiger partial charge in [0, 0.05) is 0 Å². The first-order chi connectivity index (χ1) is 11.7. The second kappa shape index (κ2) is 9.45. The summed E-state index contributed by atoms with van der Waals surface area (Å²) in [6.07, 6.45) is 0.913. The van der Waals surface area contributed by atoms with Crippen molar-refractivity contribution in [1.82, 2.24) is 5.32 Å². The van der Waals surface area contributed by atoms with E-state index in [1.807, 2.05) is 62.4 Å². The standard InChI is InChI=1S/C19H24N2O3/c1-3-12-24-18-14-15(2)9-10-17(18)21-19(22)20-11-13-23-16-7-5-4-6-8-16/h4-10,14H,3,11-13H2,1-2H3,(H2,20,21,22). The summed E-state index contributed by atoms with van der Waals surface area (Å²) in [5.41, 5.74) is 1.75. The molecule has 0 radical (unpaired) electrons. The van der Waals surface area contributed by atoms with Crippen LogP contribution in [0.1, 0.15) is 18.9 Å². The average Bonchev–Trinajstić information content (AvgIpc) is 2.60. The highest BCUT2D eigenvalue weighted by Crippen LogP contribution is 2.25. The largest absolute Gasteiger partial charge is 0.492 e. The smallest absolute Gasteiger partial charge is 0.319 e. The number of aryl methyl sites for hydroxylation is 1. The molecule has 5 nitrogen and oxygen atoms in total. The van der Waals surface area contributed by atoms with Crippen molar-refractivity contribution in [3.05, 3.63) is 54.1 Å². The summed E-state index contributed by atoms with van der Waals surface area (Å²) in [5, 5.41) is 5.58. The fraction of sp³-hybridized carbons (Fsp3) is 0.316. The number of para-hydroxylation sites is 1. The van der Waals surface area contributed by atoms with Crippen molar-refractivity contribution in [1.29, 1.82) is 0 Å². The van der Waals surface area contributed by atoms with Gasteiger partial charge in [0.25, 0.3) is 0 Å². The normalized spacial score (nSPS) is 10.1. The minimum absolute atomic E-state index is 0.281. The Kier molecular flexibility index (Phi) is 6.95. The monoisotopic (exact) mass is 328 g/mol. The highest BCUT2D eigenvalue weighted by Gasteiger charge is 2.08. The number of rotatable bonds is 8. The minimum atomic E-state index is -0.281. The molecular formula is C19H24N2O3. The first-order valence-corrected chi connectivity index (χ1v) is 8.15. The van der Waals surface area contributed by atoms with Gasteiger partial charge in [0.1, 0.15) is 18.1 Å². The fourth-order valence-corrected chi connectivity index (χ4v) is 2.08. The van der Waals surface area contributed by atoms with Crippen LogP contribution in [0.25, 0.3) is 0 Å². The summed E-state index contributed by atoms with van der Waals surface area (Å²) in [7, 11) is 0. The molecule has 5 heteroatoms. The van der Waals surface area contributed by atoms with Crippen molar-refractivity contribution in [2.75, 3.05) is 25.1 Å². The third kappa shape index (κ3) is 5.83. The van der Waals surface area contributed by atoms with Gasteiger partial charge in [-0.3, -0.25) is 0 Å². The van der Waals surface area contributed by atoms with Gasteiger partial charge in [-0.25, -0.2) is 4.79 Å². The van der Waals surface area contributed by atoms with Gasteiger partial charge < -0.3 is 20.1 Å². The van der Waals surface area contributed by atoms with Crippen molar-refractivity contribution in [2.45, 2.75) is 20.3 Å². The maximum Gasteiger partial charge on any atom is 0.319 e. The molecular weight excluding hydrogens is 304 g/mol. The zero-order valence-corrected chi connectivity index (χ0v) is 14.2. The van der Waals surface area contributed by atoms with Gasteiger partial charge in [0.15, 0.2) is 0 Å². The van der Waals surface area contributed by atoms with Crippen LogP contribution >= 0.6 is 0 Å². The number of carbonyl (C=O) groups is 1. The predicted octanol–water partition coefficient (Wildman–Crippen LogP) is 3.98. The molecule has 0 unspecified atom stereocenters. The lowest BCUT2D eigenvalue weighted by molar-refractivity contribution is 0.247. The molecule has 2 N–H and O–H groups in total. The van der Waals surface area contributed by atoms with Crippen molar-refractivity contribution in [2.24, 2.45) is 0 Å². The van der Waals surface area contributed by atoms with Crippen LogP contribution in [0.2, 0.25) is 0 Å². The van der Waals surface area contributed by atoms with Gasteiger partial charge in [-0.2, -0.15) is 0 Å². The van der Waals surface area contributed by atoms with E-state index in [2.05, 4.69) is 10.6 Å². The number of anilines is 1. The summed E-state index contributed by atoms with van der Waals surface area (Å²) in [6.45, 7) is 5.47. The molecule has 0 aliphatic rings. The first-order valence-electron chi connectivity index (χ1n) is 8.15. The summed E-state index contributed by atoms with van der Waals surface area (Å²) < 4.78 is 11.2. The molecule has 2 amide bonds. The van der Waals surface area contributed by atoms with Gasteiger partial charge in [-0.15, -0.1) is 0 Å². The zero-order valence-electron chi connectivity index (χ0n) is 14.2. The number of benzene rings is 2. The topological polar surface area (TPSA) is 59.6 Å². The fourth-order valence-electron chi connectivity index (χ4n) is 2.08. The Labute approximate surface area is 143 Å². The first kappa shape index (κ1) is 17.7. The van der Waals surface area contributed by atoms with E-state index in [0.717, 1.165) is 17.7 Å². The number of urea groups is 1. The summed E-state index contributed by atoms with van der Waals surface area (Å²) >= 11 is 0. The van der Waals surface area contributed by atoms with Gasteiger partial charge in [-0.05, 0) is 43.2 Å². The van der Waals surface area contributed by atoms with Crippen molar-refractivity contribution in [3.63, 3.8) is 0 Å². The highest BCUT2D eigenvalue weighted by atomic mass is 16.5. The third-order valence-electron chi connectivity index (χ3n) is 3.25. The average molecular weight is 328 g/mol. The SMILES string of the molecule is CCCOc1cc(C)ccc1NC(=O)NCCOc1ccccc1. The van der Waals surface area contributed by atoms with E-state index in [9.17, 15) is 4.79 Å². The van der Waals surface area contributed by atoms with Crippen molar-refractivity contribution >= 4 is 11.7 Å². The molecule has 0 fully saturated rings. The van der Waals surface area contributed by atoms with Crippen LogP contribution in [0.4, 0.5) is 10.5 Å². The molecule has 0 aromatic heterocycles. The second-order valence-electron chi connectivity index (χ2n) is 5.39. The Morgan fingerprint density at radius 1 is 1.04 bits per heavy atom. The van der Waals surface area contributed by atoms with E-state index >= 15 is 0 Å². The molecule has 2 aromatic carbocycles. The van der Waals surface area contributed by atoms with E-state index in [-0.39, 0.29) is 6.03 Å².